The normalized spacial score (nSPS) is 20.7. The molecule has 0 radical (unpaired) electrons. The van der Waals surface area contributed by atoms with Gasteiger partial charge in [0.15, 0.2) is 5.96 Å². The molecule has 1 aromatic rings. The first-order valence-electron chi connectivity index (χ1n) is 9.45. The van der Waals surface area contributed by atoms with Gasteiger partial charge in [0, 0.05) is 48.8 Å². The van der Waals surface area contributed by atoms with Crippen molar-refractivity contribution in [2.75, 3.05) is 47.4 Å². The second-order valence-corrected chi connectivity index (χ2v) is 8.72. The van der Waals surface area contributed by atoms with Gasteiger partial charge < -0.3 is 20.3 Å². The Labute approximate surface area is 188 Å². The third kappa shape index (κ3) is 5.58. The van der Waals surface area contributed by atoms with Crippen LogP contribution >= 0.6 is 39.9 Å². The molecule has 0 amide bonds. The van der Waals surface area contributed by atoms with E-state index in [9.17, 15) is 0 Å². The Balaban J connectivity index is 0.00000261. The SMILES string of the molecule is CN=C(NCC1(c2cccc(Br)c2)CC1)NCC1(N(C)C)CCOCC1.I. The van der Waals surface area contributed by atoms with Gasteiger partial charge in [0.25, 0.3) is 0 Å². The van der Waals surface area contributed by atoms with Gasteiger partial charge in [-0.3, -0.25) is 4.99 Å². The summed E-state index contributed by atoms with van der Waals surface area (Å²) in [6, 6.07) is 8.69. The number of halogens is 2. The predicted octanol–water partition coefficient (Wildman–Crippen LogP) is 3.37. The molecule has 0 spiro atoms. The van der Waals surface area contributed by atoms with Gasteiger partial charge in [0.05, 0.1) is 0 Å². The highest BCUT2D eigenvalue weighted by Crippen LogP contribution is 2.48. The summed E-state index contributed by atoms with van der Waals surface area (Å²) < 4.78 is 6.71. The van der Waals surface area contributed by atoms with E-state index in [4.69, 9.17) is 4.74 Å². The van der Waals surface area contributed by atoms with E-state index in [2.05, 4.69) is 74.8 Å². The average Bonchev–Trinajstić information content (AvgIpc) is 3.44. The zero-order valence-corrected chi connectivity index (χ0v) is 20.5. The van der Waals surface area contributed by atoms with Crippen LogP contribution in [0, 0.1) is 0 Å². The summed E-state index contributed by atoms with van der Waals surface area (Å²) in [5.74, 6) is 0.888. The van der Waals surface area contributed by atoms with E-state index >= 15 is 0 Å². The fourth-order valence-corrected chi connectivity index (χ4v) is 4.19. The van der Waals surface area contributed by atoms with Gasteiger partial charge in [-0.1, -0.05) is 28.1 Å². The molecular weight excluding hydrogens is 519 g/mol. The summed E-state index contributed by atoms with van der Waals surface area (Å²) in [5.41, 5.74) is 1.79. The Hall–Kier alpha value is -0.380. The number of hydrogen-bond acceptors (Lipinski definition) is 3. The van der Waals surface area contributed by atoms with Crippen LogP contribution in [0.5, 0.6) is 0 Å². The molecule has 0 unspecified atom stereocenters. The number of nitrogens with zero attached hydrogens (tertiary/aromatic N) is 2. The molecular formula is C20H32BrIN4O. The molecule has 152 valence electrons. The van der Waals surface area contributed by atoms with Crippen molar-refractivity contribution >= 4 is 45.9 Å². The lowest BCUT2D eigenvalue weighted by Crippen LogP contribution is -2.57. The monoisotopic (exact) mass is 550 g/mol. The first-order chi connectivity index (χ1) is 12.5. The number of rotatable bonds is 6. The van der Waals surface area contributed by atoms with Crippen LogP contribution in [-0.2, 0) is 10.2 Å². The minimum atomic E-state index is 0. The quantitative estimate of drug-likeness (QED) is 0.324. The number of guanidine groups is 1. The molecule has 1 aliphatic carbocycles. The molecule has 2 aliphatic rings. The van der Waals surface area contributed by atoms with Crippen molar-refractivity contribution in [3.63, 3.8) is 0 Å². The van der Waals surface area contributed by atoms with Gasteiger partial charge in [-0.25, -0.2) is 0 Å². The number of nitrogens with one attached hydrogen (secondary N) is 2. The van der Waals surface area contributed by atoms with Crippen LogP contribution in [-0.4, -0.2) is 63.8 Å². The molecule has 1 aromatic carbocycles. The summed E-state index contributed by atoms with van der Waals surface area (Å²) in [4.78, 5) is 6.77. The summed E-state index contributed by atoms with van der Waals surface area (Å²) in [6.07, 6.45) is 4.55. The van der Waals surface area contributed by atoms with Crippen LogP contribution < -0.4 is 10.6 Å². The van der Waals surface area contributed by atoms with Gasteiger partial charge >= 0.3 is 0 Å². The lowest BCUT2D eigenvalue weighted by molar-refractivity contribution is -0.00501. The lowest BCUT2D eigenvalue weighted by Gasteiger charge is -2.43. The molecule has 0 aromatic heterocycles. The van der Waals surface area contributed by atoms with Crippen LogP contribution in [0.1, 0.15) is 31.2 Å². The summed E-state index contributed by atoms with van der Waals surface area (Å²) in [5, 5.41) is 7.12. The first kappa shape index (κ1) is 22.9. The zero-order valence-electron chi connectivity index (χ0n) is 16.6. The highest BCUT2D eigenvalue weighted by molar-refractivity contribution is 14.0. The van der Waals surface area contributed by atoms with Gasteiger partial charge in [-0.05, 0) is 57.5 Å². The molecule has 27 heavy (non-hydrogen) atoms. The fourth-order valence-electron chi connectivity index (χ4n) is 3.79. The molecule has 1 saturated carbocycles. The van der Waals surface area contributed by atoms with E-state index in [1.807, 2.05) is 7.05 Å². The highest BCUT2D eigenvalue weighted by atomic mass is 127. The van der Waals surface area contributed by atoms with Crippen molar-refractivity contribution in [2.24, 2.45) is 4.99 Å². The zero-order chi connectivity index (χ0) is 18.6. The molecule has 3 rings (SSSR count). The van der Waals surface area contributed by atoms with Crippen LogP contribution in [0.3, 0.4) is 0 Å². The van der Waals surface area contributed by atoms with E-state index < -0.39 is 0 Å². The molecule has 7 heteroatoms. The van der Waals surface area contributed by atoms with Crippen LogP contribution in [0.4, 0.5) is 0 Å². The Morgan fingerprint density at radius 3 is 2.37 bits per heavy atom. The molecule has 0 bridgehead atoms. The van der Waals surface area contributed by atoms with Gasteiger partial charge in [0.2, 0.25) is 0 Å². The van der Waals surface area contributed by atoms with E-state index in [1.165, 1.54) is 18.4 Å². The van der Waals surface area contributed by atoms with E-state index in [-0.39, 0.29) is 34.9 Å². The lowest BCUT2D eigenvalue weighted by atomic mass is 9.88. The van der Waals surface area contributed by atoms with Crippen LogP contribution in [0.2, 0.25) is 0 Å². The third-order valence-electron chi connectivity index (χ3n) is 6.07. The van der Waals surface area contributed by atoms with Crippen molar-refractivity contribution < 1.29 is 4.74 Å². The Kier molecular flexibility index (Phi) is 8.39. The smallest absolute Gasteiger partial charge is 0.191 e. The minimum absolute atomic E-state index is 0. The maximum absolute atomic E-state index is 5.56. The molecule has 2 N–H and O–H groups in total. The second kappa shape index (κ2) is 9.89. The number of hydrogen-bond donors (Lipinski definition) is 2. The number of likely N-dealkylation sites (N-methyl/N-ethyl adjacent to an activating group) is 1. The maximum Gasteiger partial charge on any atom is 0.191 e. The van der Waals surface area contributed by atoms with E-state index in [0.29, 0.717) is 0 Å². The minimum Gasteiger partial charge on any atom is -0.381 e. The Morgan fingerprint density at radius 1 is 1.15 bits per heavy atom. The predicted molar refractivity (Wildman–Crippen MR) is 126 cm³/mol. The van der Waals surface area contributed by atoms with Crippen molar-refractivity contribution in [1.29, 1.82) is 0 Å². The molecule has 0 atom stereocenters. The van der Waals surface area contributed by atoms with Gasteiger partial charge in [-0.15, -0.1) is 24.0 Å². The van der Waals surface area contributed by atoms with Gasteiger partial charge in [-0.2, -0.15) is 0 Å². The first-order valence-corrected chi connectivity index (χ1v) is 10.2. The standard InChI is InChI=1S/C20H31BrN4O.HI/c1-22-18(24-15-20(25(2)3)9-11-26-12-10-20)23-14-19(7-8-19)16-5-4-6-17(21)13-16;/h4-6,13H,7-12,14-15H2,1-3H3,(H2,22,23,24);1H. The maximum atomic E-state index is 5.56. The van der Waals surface area contributed by atoms with Gasteiger partial charge in [0.1, 0.15) is 0 Å². The number of benzene rings is 1. The van der Waals surface area contributed by atoms with Crippen LogP contribution in [0.15, 0.2) is 33.7 Å². The third-order valence-corrected chi connectivity index (χ3v) is 6.56. The highest BCUT2D eigenvalue weighted by Gasteiger charge is 2.44. The largest absolute Gasteiger partial charge is 0.381 e. The molecule has 1 saturated heterocycles. The summed E-state index contributed by atoms with van der Waals surface area (Å²) >= 11 is 3.59. The second-order valence-electron chi connectivity index (χ2n) is 7.80. The van der Waals surface area contributed by atoms with Crippen LogP contribution in [0.25, 0.3) is 0 Å². The molecule has 2 fully saturated rings. The van der Waals surface area contributed by atoms with E-state index in [0.717, 1.165) is 49.6 Å². The Morgan fingerprint density at radius 2 is 1.81 bits per heavy atom. The molecule has 1 aliphatic heterocycles. The molecule has 1 heterocycles. The van der Waals surface area contributed by atoms with E-state index in [1.54, 1.807) is 0 Å². The topological polar surface area (TPSA) is 48.9 Å². The summed E-state index contributed by atoms with van der Waals surface area (Å²) in [6.45, 7) is 3.46. The summed E-state index contributed by atoms with van der Waals surface area (Å²) in [7, 11) is 6.17. The number of ether oxygens (including phenoxy) is 1. The average molecular weight is 551 g/mol. The Bertz CT molecular complexity index is 643. The number of aliphatic imine (C=N–C) groups is 1. The van der Waals surface area contributed by atoms with Crippen molar-refractivity contribution in [3.8, 4) is 0 Å². The van der Waals surface area contributed by atoms with Crippen molar-refractivity contribution in [2.45, 2.75) is 36.6 Å². The molecule has 5 nitrogen and oxygen atoms in total. The van der Waals surface area contributed by atoms with Crippen molar-refractivity contribution in [3.05, 3.63) is 34.3 Å². The fraction of sp³-hybridized carbons (Fsp3) is 0.650. The van der Waals surface area contributed by atoms with Crippen molar-refractivity contribution in [1.82, 2.24) is 15.5 Å².